The van der Waals surface area contributed by atoms with Crippen LogP contribution in [0.15, 0.2) is 12.1 Å². The van der Waals surface area contributed by atoms with Crippen LogP contribution in [-0.4, -0.2) is 16.9 Å². The van der Waals surface area contributed by atoms with E-state index in [2.05, 4.69) is 24.1 Å². The molecule has 1 aromatic heterocycles. The Kier molecular flexibility index (Phi) is 7.17. The molecule has 1 rings (SSSR count). The van der Waals surface area contributed by atoms with Gasteiger partial charge < -0.3 is 5.32 Å². The number of amides is 1. The molecule has 0 aliphatic heterocycles. The first-order chi connectivity index (χ1) is 9.08. The predicted molar refractivity (Wildman–Crippen MR) is 79.9 cm³/mol. The maximum atomic E-state index is 12.1. The van der Waals surface area contributed by atoms with E-state index >= 15 is 0 Å². The van der Waals surface area contributed by atoms with Gasteiger partial charge in [0, 0.05) is 6.04 Å². The highest BCUT2D eigenvalue weighted by Gasteiger charge is 2.16. The molecule has 1 aromatic rings. The summed E-state index contributed by atoms with van der Waals surface area (Å²) in [6, 6.07) is 3.38. The molecular weight excluding hydrogens is 283 g/mol. The van der Waals surface area contributed by atoms with Crippen LogP contribution in [0.3, 0.4) is 0 Å². The van der Waals surface area contributed by atoms with Crippen LogP contribution in [0.2, 0.25) is 10.3 Å². The third-order valence-electron chi connectivity index (χ3n) is 2.94. The lowest BCUT2D eigenvalue weighted by atomic mass is 10.0. The number of aromatic nitrogens is 1. The van der Waals surface area contributed by atoms with Gasteiger partial charge in [0.05, 0.1) is 5.56 Å². The Balaban J connectivity index is 2.69. The number of hydrogen-bond acceptors (Lipinski definition) is 2. The second kappa shape index (κ2) is 8.39. The van der Waals surface area contributed by atoms with Crippen LogP contribution in [0.1, 0.15) is 56.3 Å². The third-order valence-corrected chi connectivity index (χ3v) is 3.44. The number of hydrogen-bond donors (Lipinski definition) is 1. The molecule has 0 saturated carbocycles. The summed E-state index contributed by atoms with van der Waals surface area (Å²) in [6.45, 7) is 4.26. The largest absolute Gasteiger partial charge is 0.349 e. The topological polar surface area (TPSA) is 42.0 Å². The third kappa shape index (κ3) is 5.37. The van der Waals surface area contributed by atoms with E-state index in [-0.39, 0.29) is 22.3 Å². The molecule has 0 radical (unpaired) electrons. The van der Waals surface area contributed by atoms with Crippen LogP contribution in [0.25, 0.3) is 0 Å². The Labute approximate surface area is 124 Å². The molecule has 3 nitrogen and oxygen atoms in total. The normalized spacial score (nSPS) is 12.2. The number of carbonyl (C=O) groups is 1. The Bertz CT molecular complexity index is 424. The van der Waals surface area contributed by atoms with Crippen molar-refractivity contribution in [1.82, 2.24) is 10.3 Å². The fraction of sp³-hybridized carbons (Fsp3) is 0.571. The van der Waals surface area contributed by atoms with Gasteiger partial charge in [0.2, 0.25) is 0 Å². The van der Waals surface area contributed by atoms with Crippen molar-refractivity contribution in [1.29, 1.82) is 0 Å². The van der Waals surface area contributed by atoms with E-state index in [0.717, 1.165) is 32.1 Å². The van der Waals surface area contributed by atoms with E-state index in [0.29, 0.717) is 5.56 Å². The van der Waals surface area contributed by atoms with Gasteiger partial charge in [0.15, 0.2) is 0 Å². The summed E-state index contributed by atoms with van der Waals surface area (Å²) in [5, 5.41) is 3.46. The zero-order valence-electron chi connectivity index (χ0n) is 11.4. The number of unbranched alkanes of at least 4 members (excludes halogenated alkanes) is 1. The van der Waals surface area contributed by atoms with E-state index in [9.17, 15) is 4.79 Å². The molecule has 0 bridgehead atoms. The van der Waals surface area contributed by atoms with Crippen molar-refractivity contribution in [3.05, 3.63) is 28.0 Å². The van der Waals surface area contributed by atoms with Crippen molar-refractivity contribution in [3.63, 3.8) is 0 Å². The Morgan fingerprint density at radius 1 is 1.26 bits per heavy atom. The zero-order valence-corrected chi connectivity index (χ0v) is 12.9. The van der Waals surface area contributed by atoms with Gasteiger partial charge in [-0.05, 0) is 25.0 Å². The Morgan fingerprint density at radius 2 is 2.00 bits per heavy atom. The highest BCUT2D eigenvalue weighted by atomic mass is 35.5. The minimum atomic E-state index is -0.177. The zero-order chi connectivity index (χ0) is 14.3. The van der Waals surface area contributed by atoms with E-state index in [1.165, 1.54) is 0 Å². The average Bonchev–Trinajstić information content (AvgIpc) is 2.36. The molecule has 19 heavy (non-hydrogen) atoms. The summed E-state index contributed by atoms with van der Waals surface area (Å²) in [4.78, 5) is 16.0. The number of halogens is 2. The Morgan fingerprint density at radius 3 is 2.58 bits per heavy atom. The summed E-state index contributed by atoms with van der Waals surface area (Å²) in [6.07, 6.45) is 5.25. The van der Waals surface area contributed by atoms with Crippen molar-refractivity contribution in [2.75, 3.05) is 0 Å². The van der Waals surface area contributed by atoms with Gasteiger partial charge in [-0.2, -0.15) is 0 Å². The van der Waals surface area contributed by atoms with Crippen molar-refractivity contribution < 1.29 is 4.79 Å². The van der Waals surface area contributed by atoms with E-state index in [1.54, 1.807) is 12.1 Å². The molecule has 1 heterocycles. The Hall–Kier alpha value is -0.800. The SMILES string of the molecule is CCCCC(CCC)NC(=O)c1ccc(Cl)nc1Cl. The minimum absolute atomic E-state index is 0.149. The molecule has 0 spiro atoms. The molecule has 0 fully saturated rings. The summed E-state index contributed by atoms with van der Waals surface area (Å²) < 4.78 is 0. The lowest BCUT2D eigenvalue weighted by molar-refractivity contribution is 0.0932. The van der Waals surface area contributed by atoms with Gasteiger partial charge in [-0.3, -0.25) is 4.79 Å². The van der Waals surface area contributed by atoms with Crippen LogP contribution in [0.5, 0.6) is 0 Å². The highest BCUT2D eigenvalue weighted by molar-refractivity contribution is 6.34. The number of rotatable bonds is 7. The van der Waals surface area contributed by atoms with Gasteiger partial charge >= 0.3 is 0 Å². The van der Waals surface area contributed by atoms with Crippen LogP contribution < -0.4 is 5.32 Å². The smallest absolute Gasteiger partial charge is 0.254 e. The first kappa shape index (κ1) is 16.3. The van der Waals surface area contributed by atoms with Gasteiger partial charge in [0.25, 0.3) is 5.91 Å². The molecular formula is C14H20Cl2N2O. The molecule has 0 aromatic carbocycles. The van der Waals surface area contributed by atoms with Crippen LogP contribution >= 0.6 is 23.2 Å². The standard InChI is InChI=1S/C14H20Cl2N2O/c1-3-5-7-10(6-4-2)17-14(19)11-8-9-12(15)18-13(11)16/h8-10H,3-7H2,1-2H3,(H,17,19). The fourth-order valence-corrected chi connectivity index (χ4v) is 2.36. The summed E-state index contributed by atoms with van der Waals surface area (Å²) >= 11 is 11.7. The molecule has 0 aliphatic carbocycles. The van der Waals surface area contributed by atoms with Crippen molar-refractivity contribution >= 4 is 29.1 Å². The lowest BCUT2D eigenvalue weighted by Crippen LogP contribution is -2.35. The number of nitrogens with zero attached hydrogens (tertiary/aromatic N) is 1. The summed E-state index contributed by atoms with van der Waals surface area (Å²) in [7, 11) is 0. The lowest BCUT2D eigenvalue weighted by Gasteiger charge is -2.18. The first-order valence-corrected chi connectivity index (χ1v) is 7.47. The van der Waals surface area contributed by atoms with Crippen molar-refractivity contribution in [2.24, 2.45) is 0 Å². The van der Waals surface area contributed by atoms with Gasteiger partial charge in [-0.1, -0.05) is 56.3 Å². The second-order valence-corrected chi connectivity index (χ2v) is 5.32. The van der Waals surface area contributed by atoms with Crippen LogP contribution in [0, 0.1) is 0 Å². The first-order valence-electron chi connectivity index (χ1n) is 6.71. The molecule has 1 atom stereocenters. The van der Waals surface area contributed by atoms with Crippen LogP contribution in [-0.2, 0) is 0 Å². The maximum absolute atomic E-state index is 12.1. The number of nitrogens with one attached hydrogen (secondary N) is 1. The number of carbonyl (C=O) groups excluding carboxylic acids is 1. The number of pyridine rings is 1. The van der Waals surface area contributed by atoms with Crippen LogP contribution in [0.4, 0.5) is 0 Å². The van der Waals surface area contributed by atoms with E-state index in [1.807, 2.05) is 0 Å². The molecule has 1 amide bonds. The molecule has 0 saturated heterocycles. The predicted octanol–water partition coefficient (Wildman–Crippen LogP) is 4.48. The summed E-state index contributed by atoms with van der Waals surface area (Å²) in [5.41, 5.74) is 0.378. The summed E-state index contributed by atoms with van der Waals surface area (Å²) in [5.74, 6) is -0.177. The molecule has 1 unspecified atom stereocenters. The molecule has 1 N–H and O–H groups in total. The van der Waals surface area contributed by atoms with Crippen molar-refractivity contribution in [2.45, 2.75) is 52.0 Å². The quantitative estimate of drug-likeness (QED) is 0.755. The molecule has 106 valence electrons. The van der Waals surface area contributed by atoms with E-state index in [4.69, 9.17) is 23.2 Å². The van der Waals surface area contributed by atoms with Gasteiger partial charge in [-0.15, -0.1) is 0 Å². The maximum Gasteiger partial charge on any atom is 0.254 e. The molecule has 5 heteroatoms. The van der Waals surface area contributed by atoms with Crippen molar-refractivity contribution in [3.8, 4) is 0 Å². The van der Waals surface area contributed by atoms with E-state index < -0.39 is 0 Å². The fourth-order valence-electron chi connectivity index (χ4n) is 1.93. The molecule has 0 aliphatic rings. The highest BCUT2D eigenvalue weighted by Crippen LogP contribution is 2.17. The van der Waals surface area contributed by atoms with Gasteiger partial charge in [0.1, 0.15) is 10.3 Å². The average molecular weight is 303 g/mol. The second-order valence-electron chi connectivity index (χ2n) is 4.57. The monoisotopic (exact) mass is 302 g/mol. The van der Waals surface area contributed by atoms with Gasteiger partial charge in [-0.25, -0.2) is 4.98 Å². The minimum Gasteiger partial charge on any atom is -0.349 e.